The minimum atomic E-state index is 0.979. The summed E-state index contributed by atoms with van der Waals surface area (Å²) in [7, 11) is 0. The molecule has 0 N–H and O–H groups in total. The average molecular weight is 248 g/mol. The molecule has 0 spiro atoms. The van der Waals surface area contributed by atoms with E-state index in [9.17, 15) is 0 Å². The lowest BCUT2D eigenvalue weighted by Gasteiger charge is -2.19. The van der Waals surface area contributed by atoms with Crippen molar-refractivity contribution in [3.8, 4) is 11.5 Å². The second kappa shape index (κ2) is 5.46. The first kappa shape index (κ1) is 11.6. The van der Waals surface area contributed by atoms with Gasteiger partial charge in [0.05, 0.1) is 11.8 Å². The SMILES string of the molecule is O=NCl.c1ccc2c(c1)Cc1ccccc1O2. The van der Waals surface area contributed by atoms with Gasteiger partial charge in [-0.2, -0.15) is 0 Å². The van der Waals surface area contributed by atoms with Crippen LogP contribution in [0.1, 0.15) is 11.1 Å². The van der Waals surface area contributed by atoms with E-state index in [1.54, 1.807) is 4.70 Å². The third-order valence-corrected chi connectivity index (χ3v) is 2.55. The molecule has 4 heteroatoms. The maximum Gasteiger partial charge on any atom is 0.130 e. The van der Waals surface area contributed by atoms with Crippen molar-refractivity contribution in [1.82, 2.24) is 0 Å². The van der Waals surface area contributed by atoms with Crippen molar-refractivity contribution in [2.75, 3.05) is 0 Å². The molecule has 0 amide bonds. The van der Waals surface area contributed by atoms with E-state index in [4.69, 9.17) is 9.64 Å². The van der Waals surface area contributed by atoms with Crippen LogP contribution in [0.25, 0.3) is 0 Å². The topological polar surface area (TPSA) is 38.7 Å². The Labute approximate surface area is 104 Å². The fraction of sp³-hybridized carbons (Fsp3) is 0.0769. The van der Waals surface area contributed by atoms with Crippen molar-refractivity contribution in [3.63, 3.8) is 0 Å². The van der Waals surface area contributed by atoms with E-state index in [1.165, 1.54) is 11.1 Å². The number of rotatable bonds is 0. The summed E-state index contributed by atoms with van der Waals surface area (Å²) in [6, 6.07) is 16.4. The van der Waals surface area contributed by atoms with Crippen molar-refractivity contribution in [1.29, 1.82) is 0 Å². The molecule has 3 rings (SSSR count). The molecule has 0 fully saturated rings. The van der Waals surface area contributed by atoms with Crippen LogP contribution in [0.3, 0.4) is 0 Å². The zero-order chi connectivity index (χ0) is 12.1. The fourth-order valence-electron chi connectivity index (χ4n) is 1.82. The number of para-hydroxylation sites is 2. The number of benzene rings is 2. The van der Waals surface area contributed by atoms with Gasteiger partial charge in [0.25, 0.3) is 0 Å². The Hall–Kier alpha value is -1.87. The van der Waals surface area contributed by atoms with Crippen molar-refractivity contribution in [2.45, 2.75) is 6.42 Å². The Morgan fingerprint density at radius 3 is 1.82 bits per heavy atom. The first-order valence-electron chi connectivity index (χ1n) is 5.12. The van der Waals surface area contributed by atoms with Gasteiger partial charge in [-0.25, -0.2) is 0 Å². The van der Waals surface area contributed by atoms with Crippen molar-refractivity contribution in [3.05, 3.63) is 64.6 Å². The maximum absolute atomic E-state index is 8.32. The normalized spacial score (nSPS) is 11.1. The van der Waals surface area contributed by atoms with E-state index in [2.05, 4.69) is 36.0 Å². The van der Waals surface area contributed by atoms with Crippen LogP contribution in [0.5, 0.6) is 11.5 Å². The highest BCUT2D eigenvalue weighted by Gasteiger charge is 2.14. The van der Waals surface area contributed by atoms with E-state index in [0.29, 0.717) is 0 Å². The van der Waals surface area contributed by atoms with Crippen molar-refractivity contribution in [2.24, 2.45) is 4.70 Å². The highest BCUT2D eigenvalue weighted by atomic mass is 35.5. The maximum atomic E-state index is 8.32. The van der Waals surface area contributed by atoms with Crippen LogP contribution >= 0.6 is 11.8 Å². The first-order valence-corrected chi connectivity index (χ1v) is 5.46. The molecule has 1 aliphatic rings. The molecule has 17 heavy (non-hydrogen) atoms. The molecule has 0 aliphatic carbocycles. The Bertz CT molecular complexity index is 441. The van der Waals surface area contributed by atoms with Crippen molar-refractivity contribution >= 4 is 11.8 Å². The van der Waals surface area contributed by atoms with Gasteiger partial charge < -0.3 is 4.74 Å². The minimum Gasteiger partial charge on any atom is -0.457 e. The minimum absolute atomic E-state index is 0.979. The summed E-state index contributed by atoms with van der Waals surface area (Å²) in [6.07, 6.45) is 0.979. The molecule has 0 aromatic heterocycles. The summed E-state index contributed by atoms with van der Waals surface area (Å²) in [5, 5.41) is 0. The number of hydrogen-bond acceptors (Lipinski definition) is 3. The second-order valence-electron chi connectivity index (χ2n) is 3.56. The number of ether oxygens (including phenoxy) is 1. The van der Waals surface area contributed by atoms with E-state index in [-0.39, 0.29) is 0 Å². The summed E-state index contributed by atoms with van der Waals surface area (Å²) in [5.74, 6) is 1.98. The molecular weight excluding hydrogens is 238 g/mol. The Kier molecular flexibility index (Phi) is 3.73. The Balaban J connectivity index is 0.000000329. The Morgan fingerprint density at radius 2 is 1.35 bits per heavy atom. The van der Waals surface area contributed by atoms with E-state index >= 15 is 0 Å². The molecule has 1 aliphatic heterocycles. The van der Waals surface area contributed by atoms with Crippen molar-refractivity contribution < 1.29 is 4.74 Å². The molecule has 3 nitrogen and oxygen atoms in total. The monoisotopic (exact) mass is 247 g/mol. The molecule has 0 atom stereocenters. The van der Waals surface area contributed by atoms with Crippen LogP contribution in [0, 0.1) is 4.91 Å². The van der Waals surface area contributed by atoms with Gasteiger partial charge in [0.1, 0.15) is 11.5 Å². The summed E-state index contributed by atoms with van der Waals surface area (Å²) >= 11 is 4.07. The molecule has 0 bridgehead atoms. The first-order chi connectivity index (χ1) is 8.35. The standard InChI is InChI=1S/C13H10O.ClNO/c1-3-7-12-10(5-1)9-11-6-2-4-8-13(11)14-12;1-2-3/h1-8H,9H2;. The molecule has 0 unspecified atom stereocenters. The lowest BCUT2D eigenvalue weighted by molar-refractivity contribution is 0.460. The highest BCUT2D eigenvalue weighted by molar-refractivity contribution is 6.14. The molecule has 86 valence electrons. The molecule has 0 saturated heterocycles. The third-order valence-electron chi connectivity index (χ3n) is 2.55. The lowest BCUT2D eigenvalue weighted by atomic mass is 10.0. The van der Waals surface area contributed by atoms with Crippen LogP contribution in [0.4, 0.5) is 0 Å². The summed E-state index contributed by atoms with van der Waals surface area (Å²) in [5.41, 5.74) is 2.54. The zero-order valence-electron chi connectivity index (χ0n) is 8.97. The molecular formula is C13H10ClNO2. The van der Waals surface area contributed by atoms with Gasteiger partial charge in [-0.05, 0) is 23.3 Å². The highest BCUT2D eigenvalue weighted by Crippen LogP contribution is 2.35. The number of hydrogen-bond donors (Lipinski definition) is 0. The Morgan fingerprint density at radius 1 is 0.941 bits per heavy atom. The zero-order valence-corrected chi connectivity index (χ0v) is 9.72. The van der Waals surface area contributed by atoms with E-state index in [0.717, 1.165) is 17.9 Å². The van der Waals surface area contributed by atoms with Crippen LogP contribution in [-0.2, 0) is 6.42 Å². The molecule has 2 aromatic carbocycles. The van der Waals surface area contributed by atoms with Gasteiger partial charge in [0.15, 0.2) is 0 Å². The number of fused-ring (bicyclic) bond motifs is 2. The summed E-state index contributed by atoms with van der Waals surface area (Å²) in [6.45, 7) is 0. The van der Waals surface area contributed by atoms with Gasteiger partial charge in [-0.15, -0.1) is 4.91 Å². The molecule has 0 radical (unpaired) electrons. The van der Waals surface area contributed by atoms with Gasteiger partial charge in [-0.1, -0.05) is 36.4 Å². The third kappa shape index (κ3) is 2.63. The van der Waals surface area contributed by atoms with Crippen LogP contribution < -0.4 is 4.74 Å². The van der Waals surface area contributed by atoms with E-state index < -0.39 is 0 Å². The van der Waals surface area contributed by atoms with Gasteiger partial charge in [0.2, 0.25) is 0 Å². The second-order valence-corrected chi connectivity index (χ2v) is 3.70. The van der Waals surface area contributed by atoms with E-state index in [1.807, 2.05) is 24.3 Å². The number of nitroso groups, excluding NO2 is 1. The quantitative estimate of drug-likeness (QED) is 0.556. The molecule has 1 heterocycles. The fourth-order valence-corrected chi connectivity index (χ4v) is 1.82. The largest absolute Gasteiger partial charge is 0.457 e. The average Bonchev–Trinajstić information content (AvgIpc) is 2.37. The predicted octanol–water partition coefficient (Wildman–Crippen LogP) is 4.29. The van der Waals surface area contributed by atoms with Crippen LogP contribution in [0.2, 0.25) is 0 Å². The lowest BCUT2D eigenvalue weighted by Crippen LogP contribution is -2.01. The van der Waals surface area contributed by atoms with Gasteiger partial charge >= 0.3 is 0 Å². The molecule has 0 saturated carbocycles. The summed E-state index contributed by atoms with van der Waals surface area (Å²) in [4.78, 5) is 8.32. The number of halogens is 1. The van der Waals surface area contributed by atoms with Gasteiger partial charge in [-0.3, -0.25) is 0 Å². The summed E-state index contributed by atoms with van der Waals surface area (Å²) < 4.78 is 7.50. The van der Waals surface area contributed by atoms with Gasteiger partial charge in [0, 0.05) is 11.1 Å². The smallest absolute Gasteiger partial charge is 0.130 e. The van der Waals surface area contributed by atoms with Crippen LogP contribution in [0.15, 0.2) is 53.2 Å². The molecule has 2 aromatic rings. The predicted molar refractivity (Wildman–Crippen MR) is 67.4 cm³/mol. The van der Waals surface area contributed by atoms with Crippen LogP contribution in [-0.4, -0.2) is 0 Å². The number of nitrogens with zero attached hydrogens (tertiary/aromatic N) is 1.